The average Bonchev–Trinajstić information content (AvgIpc) is 2.85. The first-order valence-corrected chi connectivity index (χ1v) is 7.50. The first kappa shape index (κ1) is 14.9. The molecule has 0 aliphatic carbocycles. The number of hydrogen-bond donors (Lipinski definition) is 0. The second-order valence-electron chi connectivity index (χ2n) is 4.28. The Morgan fingerprint density at radius 2 is 2.40 bits per heavy atom. The van der Waals surface area contributed by atoms with Gasteiger partial charge in [-0.15, -0.1) is 0 Å². The van der Waals surface area contributed by atoms with Crippen LogP contribution in [0.15, 0.2) is 34.8 Å². The summed E-state index contributed by atoms with van der Waals surface area (Å²) in [6.45, 7) is 3.48. The number of aliphatic imine (C=N–C) groups is 1. The fourth-order valence-corrected chi connectivity index (χ4v) is 2.94. The molecule has 0 unspecified atom stereocenters. The van der Waals surface area contributed by atoms with E-state index in [-0.39, 0.29) is 5.69 Å². The standard InChI is InChI=1S/C13H14ClN3O2S/c1-10-9-11(17(18)19)3-4-12(10)15-13-16(6-2-5-14)7-8-20-13/h2-5,9H,6-8H2,1H3/b5-2+,15-13?. The second-order valence-corrected chi connectivity index (χ2v) is 5.59. The maximum atomic E-state index is 10.7. The van der Waals surface area contributed by atoms with Crippen LogP contribution in [0, 0.1) is 17.0 Å². The largest absolute Gasteiger partial charge is 0.347 e. The monoisotopic (exact) mass is 311 g/mol. The number of nitrogens with zero attached hydrogens (tertiary/aromatic N) is 3. The van der Waals surface area contributed by atoms with Crippen LogP contribution in [0.3, 0.4) is 0 Å². The van der Waals surface area contributed by atoms with Crippen LogP contribution in [-0.4, -0.2) is 33.8 Å². The summed E-state index contributed by atoms with van der Waals surface area (Å²) in [5.74, 6) is 0.987. The van der Waals surface area contributed by atoms with E-state index in [1.165, 1.54) is 11.6 Å². The number of nitro groups is 1. The predicted molar refractivity (Wildman–Crippen MR) is 84.0 cm³/mol. The van der Waals surface area contributed by atoms with Gasteiger partial charge in [-0.2, -0.15) is 0 Å². The van der Waals surface area contributed by atoms with E-state index in [0.29, 0.717) is 0 Å². The zero-order valence-electron chi connectivity index (χ0n) is 11.0. The number of thioether (sulfide) groups is 1. The third kappa shape index (κ3) is 3.52. The van der Waals surface area contributed by atoms with Gasteiger partial charge in [0.25, 0.3) is 5.69 Å². The molecule has 1 aromatic carbocycles. The van der Waals surface area contributed by atoms with Gasteiger partial charge >= 0.3 is 0 Å². The molecule has 106 valence electrons. The van der Waals surface area contributed by atoms with Crippen LogP contribution in [0.2, 0.25) is 0 Å². The van der Waals surface area contributed by atoms with Crippen molar-refractivity contribution in [1.82, 2.24) is 4.90 Å². The van der Waals surface area contributed by atoms with Gasteiger partial charge in [-0.3, -0.25) is 10.1 Å². The Bertz CT molecular complexity index is 575. The molecule has 0 saturated carbocycles. The van der Waals surface area contributed by atoms with Crippen LogP contribution in [0.1, 0.15) is 5.56 Å². The van der Waals surface area contributed by atoms with Gasteiger partial charge in [0.15, 0.2) is 5.17 Å². The first-order chi connectivity index (χ1) is 9.61. The molecule has 1 aromatic rings. The van der Waals surface area contributed by atoms with Gasteiger partial charge in [-0.05, 0) is 18.6 Å². The maximum absolute atomic E-state index is 10.7. The Hall–Kier alpha value is -1.53. The summed E-state index contributed by atoms with van der Waals surface area (Å²) in [6.07, 6.45) is 1.87. The van der Waals surface area contributed by atoms with Crippen molar-refractivity contribution in [3.05, 3.63) is 45.5 Å². The highest BCUT2D eigenvalue weighted by Gasteiger charge is 2.18. The number of amidine groups is 1. The zero-order chi connectivity index (χ0) is 14.5. The van der Waals surface area contributed by atoms with E-state index < -0.39 is 4.92 Å². The minimum Gasteiger partial charge on any atom is -0.347 e. The van der Waals surface area contributed by atoms with Crippen molar-refractivity contribution in [2.75, 3.05) is 18.8 Å². The molecule has 2 rings (SSSR count). The lowest BCUT2D eigenvalue weighted by atomic mass is 10.2. The molecule has 1 aliphatic rings. The number of hydrogen-bond acceptors (Lipinski definition) is 4. The van der Waals surface area contributed by atoms with Gasteiger partial charge in [0.2, 0.25) is 0 Å². The first-order valence-electron chi connectivity index (χ1n) is 6.08. The molecule has 20 heavy (non-hydrogen) atoms. The lowest BCUT2D eigenvalue weighted by Crippen LogP contribution is -2.24. The van der Waals surface area contributed by atoms with Crippen LogP contribution < -0.4 is 0 Å². The molecule has 1 saturated heterocycles. The van der Waals surface area contributed by atoms with Gasteiger partial charge in [-0.25, -0.2) is 4.99 Å². The van der Waals surface area contributed by atoms with Crippen molar-refractivity contribution in [3.63, 3.8) is 0 Å². The normalized spacial score (nSPS) is 17.3. The SMILES string of the molecule is Cc1cc([N+](=O)[O-])ccc1N=C1SCCN1C/C=C/Cl. The van der Waals surface area contributed by atoms with Crippen molar-refractivity contribution in [3.8, 4) is 0 Å². The smallest absolute Gasteiger partial charge is 0.269 e. The molecular formula is C13H14ClN3O2S. The molecule has 0 spiro atoms. The predicted octanol–water partition coefficient (Wildman–Crippen LogP) is 3.69. The number of rotatable bonds is 4. The van der Waals surface area contributed by atoms with Crippen LogP contribution in [0.5, 0.6) is 0 Å². The van der Waals surface area contributed by atoms with Crippen molar-refractivity contribution in [1.29, 1.82) is 0 Å². The lowest BCUT2D eigenvalue weighted by Gasteiger charge is -2.15. The molecule has 0 aromatic heterocycles. The Balaban J connectivity index is 2.23. The topological polar surface area (TPSA) is 58.7 Å². The van der Waals surface area contributed by atoms with Crippen molar-refractivity contribution in [2.45, 2.75) is 6.92 Å². The molecule has 0 radical (unpaired) electrons. The highest BCUT2D eigenvalue weighted by molar-refractivity contribution is 8.14. The number of halogens is 1. The van der Waals surface area contributed by atoms with Crippen LogP contribution in [0.4, 0.5) is 11.4 Å². The summed E-state index contributed by atoms with van der Waals surface area (Å²) >= 11 is 7.22. The molecule has 1 fully saturated rings. The zero-order valence-corrected chi connectivity index (χ0v) is 12.5. The average molecular weight is 312 g/mol. The Kier molecular flexibility index (Phi) is 5.03. The number of non-ortho nitro benzene ring substituents is 1. The molecule has 5 nitrogen and oxygen atoms in total. The lowest BCUT2D eigenvalue weighted by molar-refractivity contribution is -0.384. The van der Waals surface area contributed by atoms with Crippen LogP contribution >= 0.6 is 23.4 Å². The molecule has 7 heteroatoms. The molecule has 1 aliphatic heterocycles. The Morgan fingerprint density at radius 1 is 1.60 bits per heavy atom. The third-order valence-corrected chi connectivity index (χ3v) is 4.06. The van der Waals surface area contributed by atoms with E-state index in [4.69, 9.17) is 11.6 Å². The summed E-state index contributed by atoms with van der Waals surface area (Å²) in [5, 5.41) is 11.6. The minimum atomic E-state index is -0.397. The molecule has 0 amide bonds. The van der Waals surface area contributed by atoms with E-state index in [9.17, 15) is 10.1 Å². The Morgan fingerprint density at radius 3 is 3.05 bits per heavy atom. The number of benzene rings is 1. The number of aryl methyl sites for hydroxylation is 1. The number of nitro benzene ring substituents is 1. The quantitative estimate of drug-likeness (QED) is 0.628. The third-order valence-electron chi connectivity index (χ3n) is 2.89. The molecular weight excluding hydrogens is 298 g/mol. The van der Waals surface area contributed by atoms with E-state index >= 15 is 0 Å². The molecule has 1 heterocycles. The highest BCUT2D eigenvalue weighted by Crippen LogP contribution is 2.27. The van der Waals surface area contributed by atoms with E-state index in [0.717, 1.165) is 35.3 Å². The fourth-order valence-electron chi connectivity index (χ4n) is 1.86. The molecule has 0 bridgehead atoms. The Labute approximate surface area is 126 Å². The molecule has 0 atom stereocenters. The van der Waals surface area contributed by atoms with Gasteiger partial charge in [0.1, 0.15) is 0 Å². The van der Waals surface area contributed by atoms with Crippen molar-refractivity contribution in [2.24, 2.45) is 4.99 Å². The van der Waals surface area contributed by atoms with Gasteiger partial charge < -0.3 is 4.90 Å². The minimum absolute atomic E-state index is 0.0902. The van der Waals surface area contributed by atoms with Crippen LogP contribution in [0.25, 0.3) is 0 Å². The second kappa shape index (κ2) is 6.76. The van der Waals surface area contributed by atoms with Crippen molar-refractivity contribution >= 4 is 39.9 Å². The fraction of sp³-hybridized carbons (Fsp3) is 0.308. The summed E-state index contributed by atoms with van der Waals surface area (Å²) in [5.41, 5.74) is 3.15. The van der Waals surface area contributed by atoms with Crippen molar-refractivity contribution < 1.29 is 4.92 Å². The summed E-state index contributed by atoms with van der Waals surface area (Å²) in [7, 11) is 0. The maximum Gasteiger partial charge on any atom is 0.269 e. The van der Waals surface area contributed by atoms with Gasteiger partial charge in [-0.1, -0.05) is 29.4 Å². The van der Waals surface area contributed by atoms with E-state index in [1.807, 2.05) is 13.0 Å². The van der Waals surface area contributed by atoms with E-state index in [1.54, 1.807) is 23.9 Å². The summed E-state index contributed by atoms with van der Waals surface area (Å²) in [6, 6.07) is 4.71. The summed E-state index contributed by atoms with van der Waals surface area (Å²) in [4.78, 5) is 17.0. The highest BCUT2D eigenvalue weighted by atomic mass is 35.5. The van der Waals surface area contributed by atoms with Gasteiger partial charge in [0, 0.05) is 36.5 Å². The summed E-state index contributed by atoms with van der Waals surface area (Å²) < 4.78 is 0. The van der Waals surface area contributed by atoms with Crippen LogP contribution in [-0.2, 0) is 0 Å². The molecule has 0 N–H and O–H groups in total. The van der Waals surface area contributed by atoms with Gasteiger partial charge in [0.05, 0.1) is 10.6 Å². The van der Waals surface area contributed by atoms with E-state index in [2.05, 4.69) is 9.89 Å².